The fourth-order valence-corrected chi connectivity index (χ4v) is 5.24. The molecule has 9 heteroatoms. The van der Waals surface area contributed by atoms with Crippen LogP contribution in [0.4, 0.5) is 5.00 Å². The third kappa shape index (κ3) is 4.36. The van der Waals surface area contributed by atoms with Gasteiger partial charge >= 0.3 is 5.97 Å². The molecule has 1 aromatic carbocycles. The van der Waals surface area contributed by atoms with Gasteiger partial charge in [0.2, 0.25) is 5.91 Å². The SMILES string of the molecule is CCOC(=O)c1c(-c2cccs2)csc1NC(=O)CSc1nc2ccccc2[nH]1. The van der Waals surface area contributed by atoms with E-state index in [-0.39, 0.29) is 18.3 Å². The van der Waals surface area contributed by atoms with Crippen molar-refractivity contribution in [3.8, 4) is 10.4 Å². The van der Waals surface area contributed by atoms with Gasteiger partial charge in [0.1, 0.15) is 10.6 Å². The van der Waals surface area contributed by atoms with E-state index in [1.807, 2.05) is 47.2 Å². The smallest absolute Gasteiger partial charge is 0.341 e. The van der Waals surface area contributed by atoms with Crippen LogP contribution in [-0.2, 0) is 9.53 Å². The number of ether oxygens (including phenoxy) is 1. The highest BCUT2D eigenvalue weighted by atomic mass is 32.2. The number of hydrogen-bond acceptors (Lipinski definition) is 7. The zero-order valence-electron chi connectivity index (χ0n) is 15.4. The summed E-state index contributed by atoms with van der Waals surface area (Å²) in [7, 11) is 0. The molecule has 0 unspecified atom stereocenters. The Bertz CT molecular complexity index is 1120. The minimum absolute atomic E-state index is 0.175. The third-order valence-corrected chi connectivity index (χ3v) is 6.69. The van der Waals surface area contributed by atoms with Crippen LogP contribution in [0.15, 0.2) is 52.3 Å². The number of fused-ring (bicyclic) bond motifs is 1. The van der Waals surface area contributed by atoms with Crippen molar-refractivity contribution in [2.45, 2.75) is 12.1 Å². The van der Waals surface area contributed by atoms with E-state index in [2.05, 4.69) is 15.3 Å². The number of carbonyl (C=O) groups is 2. The second-order valence-electron chi connectivity index (χ2n) is 5.95. The van der Waals surface area contributed by atoms with Crippen molar-refractivity contribution in [2.24, 2.45) is 0 Å². The summed E-state index contributed by atoms with van der Waals surface area (Å²) in [5, 5.41) is 7.86. The maximum Gasteiger partial charge on any atom is 0.341 e. The lowest BCUT2D eigenvalue weighted by Gasteiger charge is -2.07. The summed E-state index contributed by atoms with van der Waals surface area (Å²) in [6.07, 6.45) is 0. The van der Waals surface area contributed by atoms with Crippen LogP contribution in [0.2, 0.25) is 0 Å². The number of benzene rings is 1. The molecule has 6 nitrogen and oxygen atoms in total. The number of thiophene rings is 2. The molecule has 0 aliphatic heterocycles. The monoisotopic (exact) mass is 443 g/mol. The van der Waals surface area contributed by atoms with Crippen LogP contribution >= 0.6 is 34.4 Å². The molecule has 0 saturated heterocycles. The Balaban J connectivity index is 1.49. The van der Waals surface area contributed by atoms with Gasteiger partial charge < -0.3 is 15.0 Å². The van der Waals surface area contributed by atoms with Crippen LogP contribution in [0.1, 0.15) is 17.3 Å². The molecule has 0 aliphatic carbocycles. The van der Waals surface area contributed by atoms with E-state index in [1.165, 1.54) is 34.4 Å². The van der Waals surface area contributed by atoms with Crippen LogP contribution < -0.4 is 5.32 Å². The number of thioether (sulfide) groups is 1. The van der Waals surface area contributed by atoms with Crippen LogP contribution in [0.3, 0.4) is 0 Å². The molecular weight excluding hydrogens is 426 g/mol. The normalized spacial score (nSPS) is 10.9. The number of aromatic amines is 1. The first-order valence-corrected chi connectivity index (χ1v) is 11.6. The van der Waals surface area contributed by atoms with E-state index in [0.29, 0.717) is 15.7 Å². The Morgan fingerprint density at radius 1 is 1.21 bits per heavy atom. The van der Waals surface area contributed by atoms with E-state index in [1.54, 1.807) is 6.92 Å². The Kier molecular flexibility index (Phi) is 5.98. The first kappa shape index (κ1) is 19.7. The molecule has 0 aliphatic rings. The van der Waals surface area contributed by atoms with Crippen molar-refractivity contribution >= 4 is 62.3 Å². The van der Waals surface area contributed by atoms with Crippen molar-refractivity contribution in [3.05, 3.63) is 52.7 Å². The Hall–Kier alpha value is -2.62. The summed E-state index contributed by atoms with van der Waals surface area (Å²) < 4.78 is 5.21. The van der Waals surface area contributed by atoms with Gasteiger partial charge in [0.25, 0.3) is 0 Å². The summed E-state index contributed by atoms with van der Waals surface area (Å²) >= 11 is 4.18. The summed E-state index contributed by atoms with van der Waals surface area (Å²) in [5.74, 6) is -0.466. The van der Waals surface area contributed by atoms with Gasteiger partial charge in [0, 0.05) is 15.8 Å². The molecule has 2 N–H and O–H groups in total. The highest BCUT2D eigenvalue weighted by molar-refractivity contribution is 7.99. The molecule has 0 atom stereocenters. The van der Waals surface area contributed by atoms with Gasteiger partial charge in [-0.3, -0.25) is 4.79 Å². The molecule has 3 heterocycles. The van der Waals surface area contributed by atoms with Gasteiger partial charge in [-0.2, -0.15) is 0 Å². The molecule has 0 fully saturated rings. The Labute approximate surface area is 179 Å². The van der Waals surface area contributed by atoms with Crippen molar-refractivity contribution < 1.29 is 14.3 Å². The van der Waals surface area contributed by atoms with E-state index >= 15 is 0 Å². The number of hydrogen-bond donors (Lipinski definition) is 2. The van der Waals surface area contributed by atoms with Gasteiger partial charge in [-0.05, 0) is 30.5 Å². The number of nitrogens with zero attached hydrogens (tertiary/aromatic N) is 1. The lowest BCUT2D eigenvalue weighted by atomic mass is 10.1. The number of rotatable bonds is 7. The number of imidazole rings is 1. The van der Waals surface area contributed by atoms with E-state index in [0.717, 1.165) is 21.5 Å². The summed E-state index contributed by atoms with van der Waals surface area (Å²) in [5.41, 5.74) is 2.97. The van der Waals surface area contributed by atoms with Crippen LogP contribution in [-0.4, -0.2) is 34.2 Å². The summed E-state index contributed by atoms with van der Waals surface area (Å²) in [4.78, 5) is 33.6. The maximum atomic E-state index is 12.5. The molecule has 1 amide bonds. The number of H-pyrrole nitrogens is 1. The fraction of sp³-hybridized carbons (Fsp3) is 0.150. The van der Waals surface area contributed by atoms with Gasteiger partial charge in [-0.1, -0.05) is 30.0 Å². The predicted octanol–water partition coefficient (Wildman–Crippen LogP) is 5.26. The van der Waals surface area contributed by atoms with Crippen LogP contribution in [0, 0.1) is 0 Å². The van der Waals surface area contributed by atoms with Gasteiger partial charge in [-0.15, -0.1) is 22.7 Å². The topological polar surface area (TPSA) is 84.1 Å². The number of esters is 1. The molecule has 4 aromatic rings. The maximum absolute atomic E-state index is 12.5. The summed E-state index contributed by atoms with van der Waals surface area (Å²) in [6.45, 7) is 2.03. The van der Waals surface area contributed by atoms with Crippen molar-refractivity contribution in [1.82, 2.24) is 9.97 Å². The number of nitrogens with one attached hydrogen (secondary N) is 2. The minimum Gasteiger partial charge on any atom is -0.462 e. The average Bonchev–Trinajstić information content (AvgIpc) is 3.45. The lowest BCUT2D eigenvalue weighted by molar-refractivity contribution is -0.113. The highest BCUT2D eigenvalue weighted by Gasteiger charge is 2.23. The summed E-state index contributed by atoms with van der Waals surface area (Å²) in [6, 6.07) is 11.6. The molecule has 0 saturated carbocycles. The van der Waals surface area contributed by atoms with Crippen molar-refractivity contribution in [3.63, 3.8) is 0 Å². The Morgan fingerprint density at radius 2 is 2.07 bits per heavy atom. The van der Waals surface area contributed by atoms with E-state index in [9.17, 15) is 9.59 Å². The second-order valence-corrected chi connectivity index (χ2v) is 8.74. The second kappa shape index (κ2) is 8.81. The molecular formula is C20H17N3O3S3. The van der Waals surface area contributed by atoms with Gasteiger partial charge in [0.05, 0.1) is 23.4 Å². The highest BCUT2D eigenvalue weighted by Crippen LogP contribution is 2.38. The number of anilines is 1. The van der Waals surface area contributed by atoms with E-state index < -0.39 is 5.97 Å². The number of para-hydroxylation sites is 2. The van der Waals surface area contributed by atoms with Gasteiger partial charge in [0.15, 0.2) is 5.16 Å². The first-order chi connectivity index (χ1) is 14.2. The fourth-order valence-electron chi connectivity index (χ4n) is 2.76. The first-order valence-electron chi connectivity index (χ1n) is 8.85. The number of carbonyl (C=O) groups excluding carboxylic acids is 2. The molecule has 3 aromatic heterocycles. The van der Waals surface area contributed by atoms with Gasteiger partial charge in [-0.25, -0.2) is 9.78 Å². The van der Waals surface area contributed by atoms with E-state index in [4.69, 9.17) is 4.74 Å². The number of amides is 1. The largest absolute Gasteiger partial charge is 0.462 e. The third-order valence-electron chi connectivity index (χ3n) is 4.02. The average molecular weight is 444 g/mol. The standard InChI is InChI=1S/C20H17N3O3S3/c1-2-26-19(25)17-12(15-8-5-9-27-15)10-28-18(17)23-16(24)11-29-20-21-13-6-3-4-7-14(13)22-20/h3-10H,2,11H2,1H3,(H,21,22)(H,23,24). The van der Waals surface area contributed by atoms with Crippen LogP contribution in [0.5, 0.6) is 0 Å². The molecule has 0 spiro atoms. The molecule has 29 heavy (non-hydrogen) atoms. The minimum atomic E-state index is -0.433. The van der Waals surface area contributed by atoms with Crippen LogP contribution in [0.25, 0.3) is 21.5 Å². The molecule has 0 radical (unpaired) electrons. The zero-order valence-corrected chi connectivity index (χ0v) is 17.9. The van der Waals surface area contributed by atoms with Crippen molar-refractivity contribution in [1.29, 1.82) is 0 Å². The zero-order chi connectivity index (χ0) is 20.2. The molecule has 148 valence electrons. The number of aromatic nitrogens is 2. The Morgan fingerprint density at radius 3 is 2.83 bits per heavy atom. The predicted molar refractivity (Wildman–Crippen MR) is 119 cm³/mol. The molecule has 4 rings (SSSR count). The molecule has 0 bridgehead atoms. The quantitative estimate of drug-likeness (QED) is 0.301. The van der Waals surface area contributed by atoms with Crippen molar-refractivity contribution in [2.75, 3.05) is 17.7 Å². The lowest BCUT2D eigenvalue weighted by Crippen LogP contribution is -2.16.